The van der Waals surface area contributed by atoms with Crippen LogP contribution in [-0.2, 0) is 32.1 Å². The van der Waals surface area contributed by atoms with E-state index in [0.717, 1.165) is 0 Å². The Kier molecular flexibility index (Phi) is 11.3. The molecule has 1 atom stereocenters. The monoisotopic (exact) mass is 772 g/mol. The minimum absolute atomic E-state index is 0. The van der Waals surface area contributed by atoms with Crippen molar-refractivity contribution in [3.8, 4) is 11.1 Å². The third kappa shape index (κ3) is 7.04. The first-order valence-corrected chi connectivity index (χ1v) is 21.4. The van der Waals surface area contributed by atoms with Crippen molar-refractivity contribution in [2.45, 2.75) is 69.8 Å². The van der Waals surface area contributed by atoms with Crippen LogP contribution in [0.4, 0.5) is 0 Å². The van der Waals surface area contributed by atoms with Gasteiger partial charge in [0, 0.05) is 0 Å². The Morgan fingerprint density at radius 2 is 0.980 bits per heavy atom. The third-order valence-corrected chi connectivity index (χ3v) is 19.6. The summed E-state index contributed by atoms with van der Waals surface area (Å²) < 4.78 is 3.69. The summed E-state index contributed by atoms with van der Waals surface area (Å²) in [6.45, 7) is 19.0. The molecule has 5 aromatic carbocycles. The van der Waals surface area contributed by atoms with Gasteiger partial charge in [-0.2, -0.15) is 0 Å². The van der Waals surface area contributed by atoms with Crippen LogP contribution >= 0.6 is 0 Å². The molecular formula is C47H48Cl2Zr. The maximum absolute atomic E-state index is 2.97. The Labute approximate surface area is 320 Å². The molecule has 50 heavy (non-hydrogen) atoms. The molecule has 0 radical (unpaired) electrons. The topological polar surface area (TPSA) is 0 Å². The van der Waals surface area contributed by atoms with Gasteiger partial charge in [-0.15, -0.1) is 0 Å². The zero-order valence-corrected chi connectivity index (χ0v) is 34.6. The fourth-order valence-corrected chi connectivity index (χ4v) is 17.9. The number of hydrogen-bond acceptors (Lipinski definition) is 0. The smallest absolute Gasteiger partial charge is 1.00 e. The maximum atomic E-state index is 2.60. The number of hydrogen-bond donors (Lipinski definition) is 0. The van der Waals surface area contributed by atoms with Crippen LogP contribution in [0.2, 0.25) is 0 Å². The Balaban J connectivity index is 0.00000243. The molecule has 0 heterocycles. The maximum Gasteiger partial charge on any atom is -1.00 e. The van der Waals surface area contributed by atoms with Crippen molar-refractivity contribution >= 4 is 8.78 Å². The summed E-state index contributed by atoms with van der Waals surface area (Å²) >= 11 is -2.97. The summed E-state index contributed by atoms with van der Waals surface area (Å²) in [5.41, 5.74) is 16.0. The van der Waals surface area contributed by atoms with E-state index in [-0.39, 0.29) is 35.6 Å². The summed E-state index contributed by atoms with van der Waals surface area (Å²) in [5, 5.41) is 0. The standard InChI is InChI=1S/C21H25.C13H13.C13H10.2ClH.Zr/c1-20(2,3)16-7-9-18-14(12-16)11-15-13-17(21(4,5)6)8-10-19(15)18;1-10-8-11(2)13(9-10)12-6-4-3-5-7-12;1-3-7-12(8-4-1)11-13-9-5-2-6-10-13;;;/h7-13H,1-6H3;3-7,9-10H,1-2H3;1-10H;2*1H;/q;;;;;+2/p-2. The average Bonchev–Trinajstić information content (AvgIpc) is 3.56. The van der Waals surface area contributed by atoms with Crippen molar-refractivity contribution in [1.82, 2.24) is 0 Å². The van der Waals surface area contributed by atoms with E-state index in [1.54, 1.807) is 17.6 Å². The molecule has 0 N–H and O–H groups in total. The van der Waals surface area contributed by atoms with Gasteiger partial charge in [-0.25, -0.2) is 0 Å². The predicted molar refractivity (Wildman–Crippen MR) is 203 cm³/mol. The van der Waals surface area contributed by atoms with Crippen molar-refractivity contribution in [3.05, 3.63) is 181 Å². The Hall–Kier alpha value is -3.09. The van der Waals surface area contributed by atoms with E-state index in [1.165, 1.54) is 50.1 Å². The zero-order chi connectivity index (χ0) is 33.8. The molecule has 0 aliphatic heterocycles. The Morgan fingerprint density at radius 1 is 0.560 bits per heavy atom. The normalized spacial score (nSPS) is 15.3. The molecule has 254 valence electrons. The molecule has 0 fully saturated rings. The summed E-state index contributed by atoms with van der Waals surface area (Å²) in [7, 11) is 0. The van der Waals surface area contributed by atoms with E-state index in [4.69, 9.17) is 0 Å². The van der Waals surface area contributed by atoms with Crippen molar-refractivity contribution in [1.29, 1.82) is 0 Å². The molecule has 0 saturated carbocycles. The molecule has 0 saturated heterocycles. The molecule has 0 amide bonds. The van der Waals surface area contributed by atoms with Crippen LogP contribution in [0.3, 0.4) is 0 Å². The van der Waals surface area contributed by atoms with Gasteiger partial charge in [-0.3, -0.25) is 0 Å². The average molecular weight is 775 g/mol. The van der Waals surface area contributed by atoms with E-state index in [9.17, 15) is 0 Å². The summed E-state index contributed by atoms with van der Waals surface area (Å²) in [5.74, 6) is 0.376. The molecule has 7 rings (SSSR count). The minimum Gasteiger partial charge on any atom is -1.00 e. The molecule has 0 aromatic heterocycles. The number of rotatable bonds is 5. The minimum atomic E-state index is -2.97. The first kappa shape index (κ1) is 38.2. The second kappa shape index (κ2) is 14.9. The van der Waals surface area contributed by atoms with Crippen molar-refractivity contribution in [2.24, 2.45) is 5.92 Å². The van der Waals surface area contributed by atoms with Crippen LogP contribution < -0.4 is 24.8 Å². The predicted octanol–water partition coefficient (Wildman–Crippen LogP) is 6.25. The van der Waals surface area contributed by atoms with Crippen LogP contribution in [0.25, 0.3) is 16.7 Å². The van der Waals surface area contributed by atoms with E-state index >= 15 is 0 Å². The molecule has 0 nitrogen and oxygen atoms in total. The van der Waals surface area contributed by atoms with Gasteiger partial charge in [0.2, 0.25) is 0 Å². The van der Waals surface area contributed by atoms with Gasteiger partial charge in [0.25, 0.3) is 0 Å². The molecule has 2 aliphatic carbocycles. The molecule has 2 aliphatic rings. The van der Waals surface area contributed by atoms with Crippen LogP contribution in [0.5, 0.6) is 0 Å². The summed E-state index contributed by atoms with van der Waals surface area (Å²) in [4.78, 5) is 0. The van der Waals surface area contributed by atoms with Gasteiger partial charge >= 0.3 is 298 Å². The van der Waals surface area contributed by atoms with Crippen LogP contribution in [-0.4, -0.2) is 3.21 Å². The van der Waals surface area contributed by atoms with Crippen molar-refractivity contribution in [2.75, 3.05) is 0 Å². The number of fused-ring (bicyclic) bond motifs is 3. The Bertz CT molecular complexity index is 1990. The van der Waals surface area contributed by atoms with Gasteiger partial charge in [0.15, 0.2) is 0 Å². The molecule has 0 bridgehead atoms. The van der Waals surface area contributed by atoms with E-state index < -0.39 is 21.3 Å². The first-order chi connectivity index (χ1) is 22.9. The van der Waals surface area contributed by atoms with Crippen LogP contribution in [0.15, 0.2) is 142 Å². The van der Waals surface area contributed by atoms with Crippen LogP contribution in [0.1, 0.15) is 98.0 Å². The van der Waals surface area contributed by atoms with Gasteiger partial charge < -0.3 is 24.8 Å². The summed E-state index contributed by atoms with van der Waals surface area (Å²) in [6, 6.07) is 48.7. The quantitative estimate of drug-likeness (QED) is 0.198. The molecular weight excluding hydrogens is 727 g/mol. The summed E-state index contributed by atoms with van der Waals surface area (Å²) in [6.07, 6.45) is 2.57. The molecule has 5 aromatic rings. The van der Waals surface area contributed by atoms with Crippen molar-refractivity contribution < 1.29 is 46.1 Å². The SMILES string of the molecule is CC1=[C]([Zr+2](=[C](c2ccccc2)c2ccccc2)[CH]2c3cc(C(C)(C)C)ccc3-c3ccc(C(C)(C)C)cc32)C(C)C=C1c1ccccc1.[Cl-].[Cl-]. The number of benzene rings is 5. The molecule has 0 spiro atoms. The third-order valence-electron chi connectivity index (χ3n) is 10.5. The zero-order valence-electron chi connectivity index (χ0n) is 30.6. The molecule has 3 heteroatoms. The van der Waals surface area contributed by atoms with E-state index in [1.807, 2.05) is 0 Å². The number of allylic oxidation sites excluding steroid dienone is 4. The van der Waals surface area contributed by atoms with E-state index in [2.05, 4.69) is 189 Å². The second-order valence-corrected chi connectivity index (χ2v) is 21.8. The Morgan fingerprint density at radius 3 is 1.40 bits per heavy atom. The van der Waals surface area contributed by atoms with Crippen molar-refractivity contribution in [3.63, 3.8) is 0 Å². The van der Waals surface area contributed by atoms with Crippen LogP contribution in [0, 0.1) is 5.92 Å². The van der Waals surface area contributed by atoms with Gasteiger partial charge in [-0.05, 0) is 0 Å². The fraction of sp³-hybridized carbons (Fsp3) is 0.255. The second-order valence-electron chi connectivity index (χ2n) is 15.8. The van der Waals surface area contributed by atoms with Gasteiger partial charge in [0.1, 0.15) is 0 Å². The first-order valence-electron chi connectivity index (χ1n) is 17.6. The fourth-order valence-electron chi connectivity index (χ4n) is 7.95. The van der Waals surface area contributed by atoms with E-state index in [0.29, 0.717) is 9.54 Å². The van der Waals surface area contributed by atoms with Gasteiger partial charge in [-0.1, -0.05) is 0 Å². The molecule has 1 unspecified atom stereocenters. The largest absolute Gasteiger partial charge is 1.00 e. The van der Waals surface area contributed by atoms with Gasteiger partial charge in [0.05, 0.1) is 0 Å². The number of halogens is 2.